The maximum Gasteiger partial charge on any atom is 0.201 e. The van der Waals surface area contributed by atoms with Crippen molar-refractivity contribution in [3.8, 4) is 0 Å². The van der Waals surface area contributed by atoms with Crippen LogP contribution in [0.25, 0.3) is 32.7 Å². The van der Waals surface area contributed by atoms with Gasteiger partial charge in [0.15, 0.2) is 0 Å². The quantitative estimate of drug-likeness (QED) is 0.0433. The average Bonchev–Trinajstić information content (AvgIpc) is 0.713. The molecule has 4 nitrogen and oxygen atoms in total. The number of unbranched alkanes of at least 4 members (excludes halogenated alkanes) is 56. The van der Waals surface area contributed by atoms with Crippen molar-refractivity contribution >= 4 is 44.2 Å². The van der Waals surface area contributed by atoms with E-state index in [-0.39, 0.29) is 22.6 Å². The third kappa shape index (κ3) is 29.6. The monoisotopic (exact) mass is 1370 g/mol. The molecule has 0 fully saturated rings. The smallest absolute Gasteiger partial charge is 0.201 e. The highest BCUT2D eigenvalue weighted by molar-refractivity contribution is 6.52. The highest BCUT2D eigenvalue weighted by atomic mass is 16.3. The molecule has 0 atom stereocenters. The Morgan fingerprint density at radius 2 is 0.630 bits per heavy atom. The van der Waals surface area contributed by atoms with Crippen LogP contribution in [0.2, 0.25) is 0 Å². The summed E-state index contributed by atoms with van der Waals surface area (Å²) in [7, 11) is 0. The maximum absolute atomic E-state index is 15.5. The Kier molecular flexibility index (Phi) is 42.8. The Labute approximate surface area is 617 Å². The number of aliphatic hydroxyl groups excluding tert-OH is 1. The van der Waals surface area contributed by atoms with Crippen molar-refractivity contribution in [3.63, 3.8) is 0 Å². The van der Waals surface area contributed by atoms with Crippen LogP contribution in [0, 0.1) is 0 Å². The van der Waals surface area contributed by atoms with Crippen molar-refractivity contribution in [3.05, 3.63) is 93.7 Å². The lowest BCUT2D eigenvalue weighted by Crippen LogP contribution is -2.44. The number of allylic oxidation sites excluding steroid dienone is 2. The molecule has 2 N–H and O–H groups in total. The Hall–Kier alpha value is -3.92. The van der Waals surface area contributed by atoms with Crippen LogP contribution in [-0.2, 0) is 17.6 Å². The number of rotatable bonds is 65. The number of nitrogens with one attached hydrogen (secondary N) is 1. The van der Waals surface area contributed by atoms with Gasteiger partial charge in [-0.3, -0.25) is 9.79 Å². The fourth-order valence-corrected chi connectivity index (χ4v) is 18.2. The van der Waals surface area contributed by atoms with Crippen molar-refractivity contribution in [1.29, 1.82) is 0 Å². The van der Waals surface area contributed by atoms with Crippen LogP contribution in [0.3, 0.4) is 0 Å². The first kappa shape index (κ1) is 83.4. The number of ketones is 1. The van der Waals surface area contributed by atoms with Crippen LogP contribution < -0.4 is 15.9 Å². The predicted molar refractivity (Wildman–Crippen MR) is 441 cm³/mol. The van der Waals surface area contributed by atoms with Gasteiger partial charge in [0.25, 0.3) is 0 Å². The van der Waals surface area contributed by atoms with Gasteiger partial charge in [0.1, 0.15) is 5.76 Å². The molecule has 2 aliphatic heterocycles. The second-order valence-corrected chi connectivity index (χ2v) is 33.3. The molecule has 2 heterocycles. The van der Waals surface area contributed by atoms with Gasteiger partial charge in [-0.05, 0) is 60.4 Å². The summed E-state index contributed by atoms with van der Waals surface area (Å²) in [4.78, 5) is 21.5. The Bertz CT molecular complexity index is 2910. The third-order valence-electron chi connectivity index (χ3n) is 24.5. The molecule has 0 amide bonds. The molecule has 562 valence electrons. The summed E-state index contributed by atoms with van der Waals surface area (Å²) in [6.45, 7) is 9.26. The lowest BCUT2D eigenvalue weighted by molar-refractivity contribution is -0.109. The van der Waals surface area contributed by atoms with Gasteiger partial charge in [-0.25, -0.2) is 0 Å². The van der Waals surface area contributed by atoms with E-state index in [1.165, 1.54) is 418 Å². The third-order valence-corrected chi connectivity index (χ3v) is 24.5. The summed E-state index contributed by atoms with van der Waals surface area (Å²) >= 11 is 0. The molecular weight excluding hydrogens is 1210 g/mol. The molecule has 100 heavy (non-hydrogen) atoms. The molecule has 4 heteroatoms. The molecule has 0 bridgehead atoms. The van der Waals surface area contributed by atoms with E-state index in [0.29, 0.717) is 11.1 Å². The van der Waals surface area contributed by atoms with Crippen LogP contribution >= 0.6 is 0 Å². The molecule has 3 aliphatic rings. The van der Waals surface area contributed by atoms with Gasteiger partial charge in [-0.2, -0.15) is 0 Å². The molecule has 0 aromatic heterocycles. The summed E-state index contributed by atoms with van der Waals surface area (Å²) < 4.78 is 0. The Morgan fingerprint density at radius 3 is 0.970 bits per heavy atom. The number of aliphatic hydroxyl groups is 1. The minimum atomic E-state index is -0.217. The SMILES string of the molecule is CCCCCCCCCCCCCCCCCC1(CCCCCCCCCCCCCCCCC)Cc2cccc3cc/c(=C4/C(=O)C(c5ccc6cccc7c6c5NC(CCCCCCCCCCCCCCCCC)(CCCCCCCCCCCCCCCCC)C7)=C4O)c(c23)=N1. The van der Waals surface area contributed by atoms with Gasteiger partial charge in [0, 0.05) is 27.1 Å². The standard InChI is InChI=1S/C96H156N2O2/c1-5-9-13-17-21-25-29-33-37-41-45-49-53-57-61-75-95(76-62-58-54-50-46-42-38-34-30-26-22-18-14-10-6-2)79-83-69-65-67-81-71-73-85(91(97-95)87(81)83)89-93(99)90(94(89)100)86-74-72-82-68-66-70-84-80-96(98-92(86)88(82)84,77-63-59-55-51-47-43-39-35-31-27-23-19-15-11-7-3)78-64-60-56-52-48-44-40-36-32-28-24-20-16-12-8-4/h65-74,97,99H,5-64,75-80H2,1-4H3/b90-86-. The summed E-state index contributed by atoms with van der Waals surface area (Å²) in [5.74, 6) is 0.128. The van der Waals surface area contributed by atoms with Crippen LogP contribution in [0.15, 0.2) is 71.4 Å². The number of nitrogens with zero attached hydrogens (tertiary/aromatic N) is 1. The zero-order valence-corrected chi connectivity index (χ0v) is 66.2. The van der Waals surface area contributed by atoms with Crippen LogP contribution in [0.1, 0.15) is 455 Å². The first-order valence-electron chi connectivity index (χ1n) is 44.8. The van der Waals surface area contributed by atoms with Gasteiger partial charge < -0.3 is 10.4 Å². The summed E-state index contributed by atoms with van der Waals surface area (Å²) in [5, 5.41) is 23.8. The summed E-state index contributed by atoms with van der Waals surface area (Å²) in [6, 6.07) is 22.5. The Morgan fingerprint density at radius 1 is 0.330 bits per heavy atom. The van der Waals surface area contributed by atoms with Gasteiger partial charge in [0.05, 0.1) is 27.7 Å². The molecule has 0 radical (unpaired) electrons. The lowest BCUT2D eigenvalue weighted by atomic mass is 9.74. The van der Waals surface area contributed by atoms with Gasteiger partial charge in [0.2, 0.25) is 5.78 Å². The zero-order valence-electron chi connectivity index (χ0n) is 66.2. The van der Waals surface area contributed by atoms with Crippen molar-refractivity contribution in [2.75, 3.05) is 5.32 Å². The Balaban J connectivity index is 1.05. The largest absolute Gasteiger partial charge is 0.506 e. The number of benzene rings is 4. The number of carbonyl (C=O) groups excluding carboxylic acids is 1. The predicted octanol–water partition coefficient (Wildman–Crippen LogP) is 30.4. The molecule has 7 rings (SSSR count). The fourth-order valence-electron chi connectivity index (χ4n) is 18.2. The molecule has 1 aliphatic carbocycles. The number of hydrogen-bond donors (Lipinski definition) is 2. The number of carbonyl (C=O) groups is 1. The van der Waals surface area contributed by atoms with Crippen LogP contribution in [0.4, 0.5) is 5.69 Å². The highest BCUT2D eigenvalue weighted by Crippen LogP contribution is 2.48. The molecule has 4 aromatic rings. The van der Waals surface area contributed by atoms with Crippen molar-refractivity contribution in [2.45, 2.75) is 463 Å². The highest BCUT2D eigenvalue weighted by Gasteiger charge is 2.42. The van der Waals surface area contributed by atoms with E-state index < -0.39 is 0 Å². The van der Waals surface area contributed by atoms with Crippen LogP contribution in [-0.4, -0.2) is 22.0 Å². The minimum absolute atomic E-state index is 0.0300. The van der Waals surface area contributed by atoms with E-state index in [1.807, 2.05) is 0 Å². The fraction of sp³-hybridized carbons (Fsp3) is 0.750. The van der Waals surface area contributed by atoms with Gasteiger partial charge in [-0.1, -0.05) is 474 Å². The van der Waals surface area contributed by atoms with Gasteiger partial charge in [-0.15, -0.1) is 0 Å². The lowest BCUT2D eigenvalue weighted by Gasteiger charge is -2.42. The van der Waals surface area contributed by atoms with Crippen molar-refractivity contribution in [2.24, 2.45) is 4.99 Å². The van der Waals surface area contributed by atoms with E-state index in [4.69, 9.17) is 4.99 Å². The van der Waals surface area contributed by atoms with Crippen molar-refractivity contribution in [1.82, 2.24) is 0 Å². The molecule has 4 aromatic carbocycles. The van der Waals surface area contributed by atoms with E-state index in [0.717, 1.165) is 60.4 Å². The van der Waals surface area contributed by atoms with E-state index in [9.17, 15) is 5.11 Å². The van der Waals surface area contributed by atoms with E-state index >= 15 is 4.79 Å². The maximum atomic E-state index is 15.5. The molecule has 0 saturated heterocycles. The second-order valence-electron chi connectivity index (χ2n) is 33.3. The summed E-state index contributed by atoms with van der Waals surface area (Å²) in [6.07, 6.45) is 88.8. The molecule has 0 saturated carbocycles. The number of hydrogen-bond acceptors (Lipinski definition) is 4. The second kappa shape index (κ2) is 51.3. The topological polar surface area (TPSA) is 61.7 Å². The molecular formula is C96H156N2O2. The minimum Gasteiger partial charge on any atom is -0.506 e. The first-order chi connectivity index (χ1) is 49.4. The normalized spacial score (nSPS) is 15.1. The van der Waals surface area contributed by atoms with E-state index in [1.54, 1.807) is 0 Å². The number of anilines is 1. The number of Topliss-reactive ketones (excluding diaryl/α,β-unsaturated/α-hetero) is 1. The molecule has 0 spiro atoms. The van der Waals surface area contributed by atoms with Crippen molar-refractivity contribution < 1.29 is 9.90 Å². The summed E-state index contributed by atoms with van der Waals surface area (Å²) in [5.41, 5.74) is 5.37. The first-order valence-corrected chi connectivity index (χ1v) is 44.8. The molecule has 0 unspecified atom stereocenters. The van der Waals surface area contributed by atoms with E-state index in [2.05, 4.69) is 93.7 Å². The average molecular weight is 1370 g/mol. The van der Waals surface area contributed by atoms with Gasteiger partial charge >= 0.3 is 0 Å². The van der Waals surface area contributed by atoms with Crippen LogP contribution in [0.5, 0.6) is 0 Å². The zero-order chi connectivity index (χ0) is 70.2.